The zero-order valence-electron chi connectivity index (χ0n) is 12.2. The van der Waals surface area contributed by atoms with Crippen LogP contribution in [0.25, 0.3) is 0 Å². The number of hydrogen-bond acceptors (Lipinski definition) is 5. The molecule has 0 aromatic heterocycles. The fraction of sp³-hybridized carbons (Fsp3) is 0.357. The highest BCUT2D eigenvalue weighted by Crippen LogP contribution is 2.23. The van der Waals surface area contributed by atoms with Crippen LogP contribution in [0.15, 0.2) is 28.2 Å². The highest BCUT2D eigenvalue weighted by atomic mass is 16.4. The van der Waals surface area contributed by atoms with E-state index < -0.39 is 12.0 Å². The lowest BCUT2D eigenvalue weighted by Gasteiger charge is -2.10. The molecule has 1 aromatic carbocycles. The Morgan fingerprint density at radius 2 is 2.00 bits per heavy atom. The second-order valence-electron chi connectivity index (χ2n) is 4.72. The van der Waals surface area contributed by atoms with E-state index in [0.717, 1.165) is 0 Å². The topological polar surface area (TPSA) is 155 Å². The molecule has 0 aliphatic carbocycles. The van der Waals surface area contributed by atoms with E-state index in [4.69, 9.17) is 11.5 Å². The van der Waals surface area contributed by atoms with Crippen LogP contribution in [0.2, 0.25) is 0 Å². The average Bonchev–Trinajstić information content (AvgIpc) is 2.44. The Bertz CT molecular complexity index is 595. The molecule has 0 amide bonds. The van der Waals surface area contributed by atoms with Crippen LogP contribution in [0.3, 0.4) is 0 Å². The number of carbonyl (C=O) groups is 1. The second kappa shape index (κ2) is 7.87. The summed E-state index contributed by atoms with van der Waals surface area (Å²) >= 11 is 0. The number of aromatic hydroxyl groups is 2. The Morgan fingerprint density at radius 1 is 1.32 bits per heavy atom. The van der Waals surface area contributed by atoms with Crippen molar-refractivity contribution in [3.05, 3.63) is 23.8 Å². The Kier molecular flexibility index (Phi) is 6.18. The molecular weight excluding hydrogens is 288 g/mol. The van der Waals surface area contributed by atoms with Gasteiger partial charge in [0.1, 0.15) is 17.5 Å². The number of hydrogen-bond donors (Lipinski definition) is 5. The van der Waals surface area contributed by atoms with E-state index in [1.807, 2.05) is 0 Å². The first kappa shape index (κ1) is 17.3. The van der Waals surface area contributed by atoms with E-state index in [0.29, 0.717) is 18.7 Å². The first-order valence-corrected chi connectivity index (χ1v) is 6.66. The van der Waals surface area contributed by atoms with Crippen molar-refractivity contribution in [2.45, 2.75) is 25.8 Å². The summed E-state index contributed by atoms with van der Waals surface area (Å²) in [6.07, 6.45) is 0.709. The van der Waals surface area contributed by atoms with Crippen LogP contribution in [-0.4, -0.2) is 45.5 Å². The molecule has 0 fully saturated rings. The first-order chi connectivity index (χ1) is 10.3. The number of phenols is 2. The largest absolute Gasteiger partial charge is 0.508 e. The van der Waals surface area contributed by atoms with Crippen LogP contribution in [0.1, 0.15) is 25.3 Å². The summed E-state index contributed by atoms with van der Waals surface area (Å²) in [4.78, 5) is 19.1. The van der Waals surface area contributed by atoms with Crippen LogP contribution >= 0.6 is 0 Å². The minimum Gasteiger partial charge on any atom is -0.508 e. The van der Waals surface area contributed by atoms with Gasteiger partial charge in [0.25, 0.3) is 0 Å². The maximum absolute atomic E-state index is 11.2. The molecule has 0 aliphatic heterocycles. The molecule has 0 aliphatic rings. The van der Waals surface area contributed by atoms with Gasteiger partial charge in [0.2, 0.25) is 0 Å². The van der Waals surface area contributed by atoms with E-state index >= 15 is 0 Å². The number of aliphatic carboxylic acids is 1. The van der Waals surface area contributed by atoms with Crippen molar-refractivity contribution in [3.8, 4) is 11.5 Å². The number of rotatable bonds is 7. The molecule has 0 saturated carbocycles. The van der Waals surface area contributed by atoms with Gasteiger partial charge in [-0.05, 0) is 38.0 Å². The van der Waals surface area contributed by atoms with Gasteiger partial charge in [0.05, 0.1) is 0 Å². The molecule has 8 heteroatoms. The van der Waals surface area contributed by atoms with Gasteiger partial charge in [-0.2, -0.15) is 0 Å². The van der Waals surface area contributed by atoms with Crippen molar-refractivity contribution in [3.63, 3.8) is 0 Å². The SMILES string of the molecule is CC(=NC(CCCN=C(N)N)C(=O)O)c1cc(O)ccc1O. The summed E-state index contributed by atoms with van der Waals surface area (Å²) in [5.41, 5.74) is 11.0. The number of benzene rings is 1. The van der Waals surface area contributed by atoms with Gasteiger partial charge in [0, 0.05) is 17.8 Å². The van der Waals surface area contributed by atoms with Crippen LogP contribution in [0, 0.1) is 0 Å². The van der Waals surface area contributed by atoms with E-state index in [1.165, 1.54) is 18.2 Å². The normalized spacial score (nSPS) is 12.7. The Balaban J connectivity index is 2.85. The molecular formula is C14H20N4O4. The van der Waals surface area contributed by atoms with Crippen molar-refractivity contribution in [2.75, 3.05) is 6.54 Å². The van der Waals surface area contributed by atoms with E-state index in [1.54, 1.807) is 6.92 Å². The van der Waals surface area contributed by atoms with Gasteiger partial charge >= 0.3 is 5.97 Å². The zero-order valence-corrected chi connectivity index (χ0v) is 12.2. The number of phenolic OH excluding ortho intramolecular Hbond substituents is 2. The molecule has 22 heavy (non-hydrogen) atoms. The maximum atomic E-state index is 11.2. The van der Waals surface area contributed by atoms with Crippen molar-refractivity contribution in [1.82, 2.24) is 0 Å². The molecule has 0 bridgehead atoms. The third kappa shape index (κ3) is 5.31. The van der Waals surface area contributed by atoms with Crippen molar-refractivity contribution in [2.24, 2.45) is 21.5 Å². The molecule has 0 saturated heterocycles. The lowest BCUT2D eigenvalue weighted by atomic mass is 10.1. The second-order valence-corrected chi connectivity index (χ2v) is 4.72. The Labute approximate surface area is 127 Å². The molecule has 8 nitrogen and oxygen atoms in total. The van der Waals surface area contributed by atoms with Gasteiger partial charge in [-0.3, -0.25) is 9.98 Å². The highest BCUT2D eigenvalue weighted by Gasteiger charge is 2.17. The minimum absolute atomic E-state index is 0.0398. The number of carboxylic acids is 1. The van der Waals surface area contributed by atoms with Crippen molar-refractivity contribution >= 4 is 17.6 Å². The van der Waals surface area contributed by atoms with Gasteiger partial charge in [0.15, 0.2) is 5.96 Å². The summed E-state index contributed by atoms with van der Waals surface area (Å²) in [7, 11) is 0. The number of aliphatic imine (C=N–C) groups is 2. The van der Waals surface area contributed by atoms with Gasteiger partial charge < -0.3 is 26.8 Å². The summed E-state index contributed by atoms with van der Waals surface area (Å²) < 4.78 is 0. The maximum Gasteiger partial charge on any atom is 0.328 e. The van der Waals surface area contributed by atoms with Gasteiger partial charge in [-0.1, -0.05) is 0 Å². The first-order valence-electron chi connectivity index (χ1n) is 6.66. The minimum atomic E-state index is -1.08. The smallest absolute Gasteiger partial charge is 0.328 e. The molecule has 0 spiro atoms. The molecule has 1 rings (SSSR count). The van der Waals surface area contributed by atoms with Gasteiger partial charge in [-0.15, -0.1) is 0 Å². The van der Waals surface area contributed by atoms with Crippen molar-refractivity contribution in [1.29, 1.82) is 0 Å². The molecule has 0 heterocycles. The fourth-order valence-corrected chi connectivity index (χ4v) is 1.85. The predicted molar refractivity (Wildman–Crippen MR) is 83.3 cm³/mol. The lowest BCUT2D eigenvalue weighted by molar-refractivity contribution is -0.138. The number of carboxylic acid groups (broad SMARTS) is 1. The van der Waals surface area contributed by atoms with Crippen LogP contribution in [0.4, 0.5) is 0 Å². The highest BCUT2D eigenvalue weighted by molar-refractivity contribution is 6.02. The van der Waals surface area contributed by atoms with Crippen LogP contribution < -0.4 is 11.5 Å². The Morgan fingerprint density at radius 3 is 2.59 bits per heavy atom. The lowest BCUT2D eigenvalue weighted by Crippen LogP contribution is -2.23. The van der Waals surface area contributed by atoms with Crippen molar-refractivity contribution < 1.29 is 20.1 Å². The molecule has 0 radical (unpaired) electrons. The third-order valence-corrected chi connectivity index (χ3v) is 2.93. The molecule has 1 aromatic rings. The fourth-order valence-electron chi connectivity index (χ4n) is 1.85. The third-order valence-electron chi connectivity index (χ3n) is 2.93. The summed E-state index contributed by atoms with van der Waals surface area (Å²) in [5.74, 6) is -1.24. The van der Waals surface area contributed by atoms with Crippen LogP contribution in [-0.2, 0) is 4.79 Å². The molecule has 7 N–H and O–H groups in total. The van der Waals surface area contributed by atoms with Gasteiger partial charge in [-0.25, -0.2) is 4.79 Å². The summed E-state index contributed by atoms with van der Waals surface area (Å²) in [6.45, 7) is 1.89. The monoisotopic (exact) mass is 308 g/mol. The molecule has 1 atom stereocenters. The van der Waals surface area contributed by atoms with E-state index in [9.17, 15) is 20.1 Å². The Hall–Kier alpha value is -2.77. The van der Waals surface area contributed by atoms with E-state index in [2.05, 4.69) is 9.98 Å². The zero-order chi connectivity index (χ0) is 16.7. The summed E-state index contributed by atoms with van der Waals surface area (Å²) in [5, 5.41) is 28.4. The molecule has 1 unspecified atom stereocenters. The molecule has 120 valence electrons. The number of nitrogens with two attached hydrogens (primary N) is 2. The summed E-state index contributed by atoms with van der Waals surface area (Å²) in [6, 6.07) is 3.00. The average molecular weight is 308 g/mol. The quantitative estimate of drug-likeness (QED) is 0.213. The number of guanidine groups is 1. The number of nitrogens with zero attached hydrogens (tertiary/aromatic N) is 2. The predicted octanol–water partition coefficient (Wildman–Crippen LogP) is 0.414. The van der Waals surface area contributed by atoms with Crippen LogP contribution in [0.5, 0.6) is 11.5 Å². The standard InChI is InChI=1S/C14H20N4O4/c1-8(10-7-9(19)4-5-12(10)20)18-11(13(21)22)3-2-6-17-14(15)16/h4-5,7,11,19-20H,2-3,6H2,1H3,(H,21,22)(H4,15,16,17). The van der Waals surface area contributed by atoms with E-state index in [-0.39, 0.29) is 29.4 Å².